The standard InChI is InChI=1S/C15H11Cl2FN2O/c1-21-10-3-5-14-12(7-10)19-15(8-16)20(14)13-4-2-9(17)6-11(13)18/h2-7H,8H2,1H3. The number of hydrogen-bond acceptors (Lipinski definition) is 2. The number of alkyl halides is 1. The summed E-state index contributed by atoms with van der Waals surface area (Å²) < 4.78 is 21.1. The second-order valence-electron chi connectivity index (χ2n) is 4.45. The van der Waals surface area contributed by atoms with Crippen LogP contribution in [0.2, 0.25) is 5.02 Å². The van der Waals surface area contributed by atoms with Crippen LogP contribution in [0.3, 0.4) is 0 Å². The summed E-state index contributed by atoms with van der Waals surface area (Å²) in [4.78, 5) is 4.43. The van der Waals surface area contributed by atoms with Gasteiger partial charge in [-0.3, -0.25) is 4.57 Å². The van der Waals surface area contributed by atoms with Crippen LogP contribution in [0.4, 0.5) is 4.39 Å². The lowest BCUT2D eigenvalue weighted by Crippen LogP contribution is -2.02. The van der Waals surface area contributed by atoms with Crippen molar-refractivity contribution >= 4 is 34.2 Å². The Morgan fingerprint density at radius 3 is 2.71 bits per heavy atom. The lowest BCUT2D eigenvalue weighted by molar-refractivity contribution is 0.415. The molecule has 0 aliphatic carbocycles. The molecule has 3 rings (SSSR count). The molecule has 0 saturated heterocycles. The Hall–Kier alpha value is -1.78. The van der Waals surface area contributed by atoms with Crippen LogP contribution >= 0.6 is 23.2 Å². The summed E-state index contributed by atoms with van der Waals surface area (Å²) in [6.07, 6.45) is 0. The minimum absolute atomic E-state index is 0.166. The van der Waals surface area contributed by atoms with Crippen molar-refractivity contribution in [2.24, 2.45) is 0 Å². The minimum Gasteiger partial charge on any atom is -0.497 e. The van der Waals surface area contributed by atoms with Crippen molar-refractivity contribution in [3.8, 4) is 11.4 Å². The van der Waals surface area contributed by atoms with E-state index in [0.717, 1.165) is 5.52 Å². The molecule has 1 heterocycles. The second kappa shape index (κ2) is 5.54. The summed E-state index contributed by atoms with van der Waals surface area (Å²) in [5, 5.41) is 0.342. The Morgan fingerprint density at radius 1 is 1.24 bits per heavy atom. The Kier molecular flexibility index (Phi) is 3.74. The fourth-order valence-corrected chi connectivity index (χ4v) is 2.60. The van der Waals surface area contributed by atoms with Crippen molar-refractivity contribution in [3.63, 3.8) is 0 Å². The van der Waals surface area contributed by atoms with E-state index in [-0.39, 0.29) is 5.88 Å². The molecule has 0 fully saturated rings. The first-order valence-electron chi connectivity index (χ1n) is 6.21. The molecule has 108 valence electrons. The monoisotopic (exact) mass is 324 g/mol. The first-order chi connectivity index (χ1) is 10.1. The molecule has 0 radical (unpaired) electrons. The highest BCUT2D eigenvalue weighted by atomic mass is 35.5. The quantitative estimate of drug-likeness (QED) is 0.660. The van der Waals surface area contributed by atoms with E-state index in [1.807, 2.05) is 6.07 Å². The topological polar surface area (TPSA) is 27.1 Å². The average Bonchev–Trinajstić information content (AvgIpc) is 2.84. The van der Waals surface area contributed by atoms with Crippen molar-refractivity contribution in [1.82, 2.24) is 9.55 Å². The summed E-state index contributed by atoms with van der Waals surface area (Å²) >= 11 is 11.7. The number of rotatable bonds is 3. The van der Waals surface area contributed by atoms with Gasteiger partial charge in [-0.2, -0.15) is 0 Å². The molecule has 3 aromatic rings. The number of methoxy groups -OCH3 is 1. The van der Waals surface area contributed by atoms with Crippen LogP contribution in [0.5, 0.6) is 5.75 Å². The van der Waals surface area contributed by atoms with E-state index in [1.165, 1.54) is 6.07 Å². The van der Waals surface area contributed by atoms with Crippen LogP contribution in [-0.4, -0.2) is 16.7 Å². The molecule has 0 unspecified atom stereocenters. The molecule has 3 nitrogen and oxygen atoms in total. The maximum absolute atomic E-state index is 14.2. The van der Waals surface area contributed by atoms with Crippen LogP contribution in [0, 0.1) is 5.82 Å². The van der Waals surface area contributed by atoms with Gasteiger partial charge < -0.3 is 4.74 Å². The van der Waals surface area contributed by atoms with Crippen LogP contribution < -0.4 is 4.74 Å². The molecule has 0 saturated carbocycles. The molecule has 1 aromatic heterocycles. The molecule has 6 heteroatoms. The number of aromatic nitrogens is 2. The lowest BCUT2D eigenvalue weighted by atomic mass is 10.2. The number of halogens is 3. The van der Waals surface area contributed by atoms with Crippen molar-refractivity contribution < 1.29 is 9.13 Å². The SMILES string of the molecule is COc1ccc2c(c1)nc(CCl)n2-c1ccc(Cl)cc1F. The Bertz CT molecular complexity index is 817. The van der Waals surface area contributed by atoms with E-state index in [2.05, 4.69) is 4.98 Å². The van der Waals surface area contributed by atoms with Gasteiger partial charge >= 0.3 is 0 Å². The van der Waals surface area contributed by atoms with E-state index in [4.69, 9.17) is 27.9 Å². The summed E-state index contributed by atoms with van der Waals surface area (Å²) in [7, 11) is 1.58. The van der Waals surface area contributed by atoms with Crippen LogP contribution in [0.1, 0.15) is 5.82 Å². The van der Waals surface area contributed by atoms with Crippen molar-refractivity contribution in [2.45, 2.75) is 5.88 Å². The predicted octanol–water partition coefficient (Wildman–Crippen LogP) is 4.57. The molecule has 21 heavy (non-hydrogen) atoms. The zero-order chi connectivity index (χ0) is 15.0. The van der Waals surface area contributed by atoms with E-state index in [0.29, 0.717) is 27.8 Å². The summed E-state index contributed by atoms with van der Waals surface area (Å²) in [6, 6.07) is 9.92. The number of ether oxygens (including phenoxy) is 1. The smallest absolute Gasteiger partial charge is 0.148 e. The molecule has 2 aromatic carbocycles. The maximum Gasteiger partial charge on any atom is 0.148 e. The molecule has 0 N–H and O–H groups in total. The first kappa shape index (κ1) is 14.2. The number of hydrogen-bond donors (Lipinski definition) is 0. The third-order valence-electron chi connectivity index (χ3n) is 3.20. The molecule has 0 atom stereocenters. The van der Waals surface area contributed by atoms with Crippen molar-refractivity contribution in [2.75, 3.05) is 7.11 Å². The van der Waals surface area contributed by atoms with Gasteiger partial charge in [0.15, 0.2) is 0 Å². The number of imidazole rings is 1. The normalized spacial score (nSPS) is 11.0. The molecule has 0 bridgehead atoms. The highest BCUT2D eigenvalue weighted by Crippen LogP contribution is 2.28. The molecule has 0 aliphatic rings. The second-order valence-corrected chi connectivity index (χ2v) is 5.15. The van der Waals surface area contributed by atoms with Gasteiger partial charge in [-0.25, -0.2) is 9.37 Å². The van der Waals surface area contributed by atoms with Gasteiger partial charge in [0.1, 0.15) is 17.4 Å². The van der Waals surface area contributed by atoms with Crippen LogP contribution in [0.15, 0.2) is 36.4 Å². The molecule has 0 amide bonds. The summed E-state index contributed by atoms with van der Waals surface area (Å²) in [6.45, 7) is 0. The van der Waals surface area contributed by atoms with Gasteiger partial charge in [0, 0.05) is 11.1 Å². The Balaban J connectivity index is 2.29. The van der Waals surface area contributed by atoms with Gasteiger partial charge in [-0.05, 0) is 30.3 Å². The third-order valence-corrected chi connectivity index (χ3v) is 3.68. The van der Waals surface area contributed by atoms with E-state index in [9.17, 15) is 4.39 Å². The van der Waals surface area contributed by atoms with Gasteiger partial charge in [0.25, 0.3) is 0 Å². The highest BCUT2D eigenvalue weighted by molar-refractivity contribution is 6.30. The zero-order valence-electron chi connectivity index (χ0n) is 11.1. The van der Waals surface area contributed by atoms with Gasteiger partial charge in [0.05, 0.1) is 29.7 Å². The zero-order valence-corrected chi connectivity index (χ0v) is 12.6. The Labute approximate surface area is 130 Å². The average molecular weight is 325 g/mol. The number of nitrogens with zero attached hydrogens (tertiary/aromatic N) is 2. The molecule has 0 aliphatic heterocycles. The van der Waals surface area contributed by atoms with Gasteiger partial charge in [0.2, 0.25) is 0 Å². The van der Waals surface area contributed by atoms with Crippen LogP contribution in [0.25, 0.3) is 16.7 Å². The summed E-state index contributed by atoms with van der Waals surface area (Å²) in [5.41, 5.74) is 1.81. The van der Waals surface area contributed by atoms with E-state index < -0.39 is 5.82 Å². The fraction of sp³-hybridized carbons (Fsp3) is 0.133. The van der Waals surface area contributed by atoms with Crippen molar-refractivity contribution in [3.05, 3.63) is 53.1 Å². The summed E-state index contributed by atoms with van der Waals surface area (Å²) in [5.74, 6) is 0.981. The molecule has 0 spiro atoms. The highest BCUT2D eigenvalue weighted by Gasteiger charge is 2.15. The first-order valence-corrected chi connectivity index (χ1v) is 7.12. The lowest BCUT2D eigenvalue weighted by Gasteiger charge is -2.09. The fourth-order valence-electron chi connectivity index (χ4n) is 2.26. The third kappa shape index (κ3) is 2.45. The predicted molar refractivity (Wildman–Crippen MR) is 82.1 cm³/mol. The van der Waals surface area contributed by atoms with Crippen LogP contribution in [-0.2, 0) is 5.88 Å². The maximum atomic E-state index is 14.2. The van der Waals surface area contributed by atoms with E-state index in [1.54, 1.807) is 35.9 Å². The molecular weight excluding hydrogens is 314 g/mol. The number of fused-ring (bicyclic) bond motifs is 1. The van der Waals surface area contributed by atoms with Gasteiger partial charge in [-0.1, -0.05) is 11.6 Å². The molecular formula is C15H11Cl2FN2O. The van der Waals surface area contributed by atoms with E-state index >= 15 is 0 Å². The largest absolute Gasteiger partial charge is 0.497 e. The minimum atomic E-state index is -0.427. The van der Waals surface area contributed by atoms with Crippen molar-refractivity contribution in [1.29, 1.82) is 0 Å². The Morgan fingerprint density at radius 2 is 2.05 bits per heavy atom. The van der Waals surface area contributed by atoms with Gasteiger partial charge in [-0.15, -0.1) is 11.6 Å². The number of benzene rings is 2.